The third kappa shape index (κ3) is 6.07. The smallest absolute Gasteiger partial charge is 0.254 e. The summed E-state index contributed by atoms with van der Waals surface area (Å²) in [6.45, 7) is 2.99. The van der Waals surface area contributed by atoms with Gasteiger partial charge < -0.3 is 14.4 Å². The highest BCUT2D eigenvalue weighted by molar-refractivity contribution is 5.96. The second-order valence-corrected chi connectivity index (χ2v) is 9.89. The summed E-state index contributed by atoms with van der Waals surface area (Å²) < 4.78 is 2.08. The van der Waals surface area contributed by atoms with Gasteiger partial charge in [-0.15, -0.1) is 0 Å². The molecule has 0 saturated heterocycles. The first-order valence-corrected chi connectivity index (χ1v) is 12.9. The lowest BCUT2D eigenvalue weighted by atomic mass is 9.93. The van der Waals surface area contributed by atoms with Crippen LogP contribution in [0.15, 0.2) is 42.6 Å². The summed E-state index contributed by atoms with van der Waals surface area (Å²) in [7, 11) is 2.02. The Labute approximate surface area is 198 Å². The molecule has 5 heteroatoms. The molecule has 0 unspecified atom stereocenters. The molecule has 0 atom stereocenters. The molecule has 0 spiro atoms. The lowest BCUT2D eigenvalue weighted by Crippen LogP contribution is -2.48. The molecule has 2 aromatic rings. The molecule has 5 nitrogen and oxygen atoms in total. The van der Waals surface area contributed by atoms with E-state index < -0.39 is 0 Å². The van der Waals surface area contributed by atoms with Crippen LogP contribution >= 0.6 is 0 Å². The fourth-order valence-corrected chi connectivity index (χ4v) is 5.00. The number of benzene rings is 1. The van der Waals surface area contributed by atoms with Gasteiger partial charge in [0.15, 0.2) is 0 Å². The number of aromatic nitrogens is 1. The molecule has 2 saturated carbocycles. The van der Waals surface area contributed by atoms with Crippen LogP contribution in [-0.4, -0.2) is 44.8 Å². The Kier molecular flexibility index (Phi) is 7.89. The third-order valence-corrected chi connectivity index (χ3v) is 7.29. The molecular formula is C28H39N3O2. The van der Waals surface area contributed by atoms with Crippen molar-refractivity contribution in [3.05, 3.63) is 59.4 Å². The fourth-order valence-electron chi connectivity index (χ4n) is 5.00. The number of hydrogen-bond donors (Lipinski definition) is 0. The number of carbonyl (C=O) groups excluding carboxylic acids is 2. The fraction of sp³-hybridized carbons (Fsp3) is 0.571. The topological polar surface area (TPSA) is 45.6 Å². The van der Waals surface area contributed by atoms with Crippen molar-refractivity contribution in [2.75, 3.05) is 6.54 Å². The van der Waals surface area contributed by atoms with Gasteiger partial charge >= 0.3 is 0 Å². The molecule has 33 heavy (non-hydrogen) atoms. The molecule has 2 amide bonds. The first kappa shape index (κ1) is 23.6. The summed E-state index contributed by atoms with van der Waals surface area (Å²) in [6.07, 6.45) is 13.0. The first-order chi connectivity index (χ1) is 16.1. The predicted molar refractivity (Wildman–Crippen MR) is 132 cm³/mol. The second-order valence-electron chi connectivity index (χ2n) is 9.89. The third-order valence-electron chi connectivity index (χ3n) is 7.29. The number of aryl methyl sites for hydroxylation is 2. The number of rotatable bonds is 10. The zero-order chi connectivity index (χ0) is 23.2. The van der Waals surface area contributed by atoms with E-state index in [-0.39, 0.29) is 24.4 Å². The molecule has 0 aliphatic heterocycles. The largest absolute Gasteiger partial charge is 0.353 e. The van der Waals surface area contributed by atoms with Gasteiger partial charge in [0.1, 0.15) is 6.54 Å². The molecule has 178 valence electrons. The normalized spacial score (nSPS) is 16.5. The van der Waals surface area contributed by atoms with Crippen LogP contribution in [-0.2, 0) is 24.8 Å². The van der Waals surface area contributed by atoms with Crippen LogP contribution in [0.25, 0.3) is 0 Å². The van der Waals surface area contributed by atoms with E-state index in [0.29, 0.717) is 18.2 Å². The summed E-state index contributed by atoms with van der Waals surface area (Å²) in [6, 6.07) is 12.6. The average molecular weight is 450 g/mol. The van der Waals surface area contributed by atoms with Crippen LogP contribution in [0.3, 0.4) is 0 Å². The Balaban J connectivity index is 1.50. The van der Waals surface area contributed by atoms with Gasteiger partial charge in [-0.2, -0.15) is 0 Å². The highest BCUT2D eigenvalue weighted by atomic mass is 16.2. The highest BCUT2D eigenvalue weighted by Gasteiger charge is 2.36. The Morgan fingerprint density at radius 1 is 0.939 bits per heavy atom. The van der Waals surface area contributed by atoms with Crippen molar-refractivity contribution in [2.45, 2.75) is 89.8 Å². The van der Waals surface area contributed by atoms with E-state index in [1.54, 1.807) is 0 Å². The molecule has 0 bridgehead atoms. The number of carbonyl (C=O) groups is 2. The van der Waals surface area contributed by atoms with Gasteiger partial charge in [-0.25, -0.2) is 0 Å². The lowest BCUT2D eigenvalue weighted by molar-refractivity contribution is -0.133. The molecular weight excluding hydrogens is 410 g/mol. The molecule has 2 fully saturated rings. The van der Waals surface area contributed by atoms with E-state index in [2.05, 4.69) is 29.7 Å². The van der Waals surface area contributed by atoms with E-state index in [1.807, 2.05) is 41.2 Å². The number of unbranched alkanes of at least 4 members (excludes halogenated alkanes) is 1. The summed E-state index contributed by atoms with van der Waals surface area (Å²) in [4.78, 5) is 31.1. The van der Waals surface area contributed by atoms with Gasteiger partial charge in [0.2, 0.25) is 5.91 Å². The predicted octanol–water partition coefficient (Wildman–Crippen LogP) is 5.33. The van der Waals surface area contributed by atoms with Crippen molar-refractivity contribution in [1.82, 2.24) is 14.4 Å². The van der Waals surface area contributed by atoms with Crippen LogP contribution in [0, 0.1) is 0 Å². The SMILES string of the molecule is CCCCc1ccc(C(=O)N(CC(=O)N(Cc2cccn2C)C2CC2)C2CCCCC2)cc1. The Bertz CT molecular complexity index is 923. The minimum absolute atomic E-state index is 0.00639. The Morgan fingerprint density at radius 2 is 1.64 bits per heavy atom. The summed E-state index contributed by atoms with van der Waals surface area (Å²) in [5, 5.41) is 0. The van der Waals surface area contributed by atoms with E-state index >= 15 is 0 Å². The van der Waals surface area contributed by atoms with Gasteiger partial charge in [0.05, 0.1) is 6.54 Å². The molecule has 1 heterocycles. The van der Waals surface area contributed by atoms with Crippen LogP contribution < -0.4 is 0 Å². The maximum absolute atomic E-state index is 13.6. The summed E-state index contributed by atoms with van der Waals surface area (Å²) >= 11 is 0. The highest BCUT2D eigenvalue weighted by Crippen LogP contribution is 2.30. The van der Waals surface area contributed by atoms with Gasteiger partial charge in [0.25, 0.3) is 5.91 Å². The zero-order valence-electron chi connectivity index (χ0n) is 20.3. The van der Waals surface area contributed by atoms with E-state index in [9.17, 15) is 9.59 Å². The van der Waals surface area contributed by atoms with Crippen molar-refractivity contribution in [3.8, 4) is 0 Å². The molecule has 1 aromatic carbocycles. The Morgan fingerprint density at radius 3 is 2.24 bits per heavy atom. The van der Waals surface area contributed by atoms with Crippen molar-refractivity contribution in [2.24, 2.45) is 7.05 Å². The monoisotopic (exact) mass is 449 g/mol. The van der Waals surface area contributed by atoms with Crippen molar-refractivity contribution < 1.29 is 9.59 Å². The molecule has 0 N–H and O–H groups in total. The number of amides is 2. The number of hydrogen-bond acceptors (Lipinski definition) is 2. The van der Waals surface area contributed by atoms with Crippen LogP contribution in [0.4, 0.5) is 0 Å². The minimum Gasteiger partial charge on any atom is -0.353 e. The summed E-state index contributed by atoms with van der Waals surface area (Å²) in [5.74, 6) is 0.0871. The minimum atomic E-state index is 0.00639. The van der Waals surface area contributed by atoms with Gasteiger partial charge in [-0.05, 0) is 68.4 Å². The summed E-state index contributed by atoms with van der Waals surface area (Å²) in [5.41, 5.74) is 3.11. The van der Waals surface area contributed by atoms with Crippen LogP contribution in [0.1, 0.15) is 86.3 Å². The molecule has 1 aromatic heterocycles. The second kappa shape index (κ2) is 11.0. The van der Waals surface area contributed by atoms with Gasteiger partial charge in [-0.3, -0.25) is 9.59 Å². The quantitative estimate of drug-likeness (QED) is 0.492. The average Bonchev–Trinajstić information content (AvgIpc) is 3.61. The Hall–Kier alpha value is -2.56. The van der Waals surface area contributed by atoms with Crippen molar-refractivity contribution >= 4 is 11.8 Å². The van der Waals surface area contributed by atoms with Crippen LogP contribution in [0.2, 0.25) is 0 Å². The van der Waals surface area contributed by atoms with E-state index in [0.717, 1.165) is 57.1 Å². The molecule has 2 aliphatic carbocycles. The van der Waals surface area contributed by atoms with Gasteiger partial charge in [-0.1, -0.05) is 44.7 Å². The lowest BCUT2D eigenvalue weighted by Gasteiger charge is -2.35. The molecule has 4 rings (SSSR count). The first-order valence-electron chi connectivity index (χ1n) is 12.9. The van der Waals surface area contributed by atoms with E-state index in [1.165, 1.54) is 18.4 Å². The van der Waals surface area contributed by atoms with Crippen molar-refractivity contribution in [1.29, 1.82) is 0 Å². The molecule has 0 radical (unpaired) electrons. The zero-order valence-corrected chi connectivity index (χ0v) is 20.3. The van der Waals surface area contributed by atoms with Gasteiger partial charge in [0, 0.05) is 36.6 Å². The van der Waals surface area contributed by atoms with Crippen LogP contribution in [0.5, 0.6) is 0 Å². The maximum atomic E-state index is 13.6. The standard InChI is InChI=1S/C28H39N3O2/c1-3-4-9-22-13-15-23(16-14-22)28(33)31(24-10-6-5-7-11-24)21-27(32)30(25-17-18-25)20-26-12-8-19-29(26)2/h8,12-16,19,24-25H,3-7,9-11,17-18,20-21H2,1-2H3. The van der Waals surface area contributed by atoms with E-state index in [4.69, 9.17) is 0 Å². The number of nitrogens with zero attached hydrogens (tertiary/aromatic N) is 3. The molecule has 2 aliphatic rings. The maximum Gasteiger partial charge on any atom is 0.254 e. The van der Waals surface area contributed by atoms with Crippen molar-refractivity contribution in [3.63, 3.8) is 0 Å².